The van der Waals surface area contributed by atoms with Gasteiger partial charge in [0.1, 0.15) is 5.75 Å². The minimum Gasteiger partial charge on any atom is -0.497 e. The Morgan fingerprint density at radius 1 is 1.07 bits per heavy atom. The third-order valence-electron chi connectivity index (χ3n) is 4.74. The molecule has 1 saturated heterocycles. The second kappa shape index (κ2) is 9.94. The largest absolute Gasteiger partial charge is 0.497 e. The first-order chi connectivity index (χ1) is 13.3. The lowest BCUT2D eigenvalue weighted by Gasteiger charge is -2.35. The molecule has 2 aromatic rings. The third-order valence-corrected chi connectivity index (χ3v) is 4.74. The SMILES string of the molecule is COc1ccc(C(CNC(=O)NCc2ccccc2)N2CCOCC2)cc1. The van der Waals surface area contributed by atoms with Crippen LogP contribution in [-0.4, -0.2) is 50.9 Å². The molecule has 6 heteroatoms. The van der Waals surface area contributed by atoms with E-state index in [1.54, 1.807) is 7.11 Å². The lowest BCUT2D eigenvalue weighted by molar-refractivity contribution is 0.0167. The molecule has 1 aliphatic heterocycles. The fourth-order valence-corrected chi connectivity index (χ4v) is 3.20. The van der Waals surface area contributed by atoms with Crippen LogP contribution in [0, 0.1) is 0 Å². The van der Waals surface area contributed by atoms with Gasteiger partial charge in [-0.25, -0.2) is 4.79 Å². The zero-order valence-electron chi connectivity index (χ0n) is 15.7. The van der Waals surface area contributed by atoms with Crippen LogP contribution in [0.2, 0.25) is 0 Å². The van der Waals surface area contributed by atoms with E-state index in [2.05, 4.69) is 27.7 Å². The number of hydrogen-bond donors (Lipinski definition) is 2. The summed E-state index contributed by atoms with van der Waals surface area (Å²) in [7, 11) is 1.66. The molecule has 1 aliphatic rings. The number of carbonyl (C=O) groups excluding carboxylic acids is 1. The molecule has 1 unspecified atom stereocenters. The summed E-state index contributed by atoms with van der Waals surface area (Å²) < 4.78 is 10.7. The second-order valence-corrected chi connectivity index (χ2v) is 6.49. The lowest BCUT2D eigenvalue weighted by atomic mass is 10.0. The normalized spacial score (nSPS) is 15.7. The first-order valence-corrected chi connectivity index (χ1v) is 9.27. The van der Waals surface area contributed by atoms with E-state index in [0.29, 0.717) is 26.3 Å². The molecule has 0 aromatic heterocycles. The standard InChI is InChI=1S/C21H27N3O3/c1-26-19-9-7-18(8-10-19)20(24-11-13-27-14-12-24)16-23-21(25)22-15-17-5-3-2-4-6-17/h2-10,20H,11-16H2,1H3,(H2,22,23,25). The molecule has 6 nitrogen and oxygen atoms in total. The van der Waals surface area contributed by atoms with E-state index < -0.39 is 0 Å². The van der Waals surface area contributed by atoms with Gasteiger partial charge in [-0.2, -0.15) is 0 Å². The number of benzene rings is 2. The predicted molar refractivity (Wildman–Crippen MR) is 105 cm³/mol. The zero-order valence-corrected chi connectivity index (χ0v) is 15.7. The highest BCUT2D eigenvalue weighted by molar-refractivity contribution is 5.73. The Morgan fingerprint density at radius 2 is 1.78 bits per heavy atom. The quantitative estimate of drug-likeness (QED) is 0.787. The van der Waals surface area contributed by atoms with Crippen LogP contribution < -0.4 is 15.4 Å². The fraction of sp³-hybridized carbons (Fsp3) is 0.381. The summed E-state index contributed by atoms with van der Waals surface area (Å²) in [5, 5.41) is 5.93. The van der Waals surface area contributed by atoms with E-state index >= 15 is 0 Å². The van der Waals surface area contributed by atoms with Gasteiger partial charge in [0.2, 0.25) is 0 Å². The molecule has 2 aromatic carbocycles. The monoisotopic (exact) mass is 369 g/mol. The highest BCUT2D eigenvalue weighted by Gasteiger charge is 2.23. The molecule has 0 aliphatic carbocycles. The second-order valence-electron chi connectivity index (χ2n) is 6.49. The van der Waals surface area contributed by atoms with Crippen molar-refractivity contribution in [1.29, 1.82) is 0 Å². The maximum atomic E-state index is 12.2. The molecule has 1 fully saturated rings. The summed E-state index contributed by atoms with van der Waals surface area (Å²) in [6, 6.07) is 17.8. The summed E-state index contributed by atoms with van der Waals surface area (Å²) in [5.74, 6) is 0.827. The Bertz CT molecular complexity index is 700. The molecular formula is C21H27N3O3. The lowest BCUT2D eigenvalue weighted by Crippen LogP contribution is -2.45. The van der Waals surface area contributed by atoms with E-state index in [1.807, 2.05) is 42.5 Å². The molecule has 1 atom stereocenters. The topological polar surface area (TPSA) is 62.8 Å². The predicted octanol–water partition coefficient (Wildman–Crippen LogP) is 2.57. The van der Waals surface area contributed by atoms with Crippen molar-refractivity contribution in [3.63, 3.8) is 0 Å². The molecule has 3 rings (SSSR count). The van der Waals surface area contributed by atoms with Crippen LogP contribution in [-0.2, 0) is 11.3 Å². The van der Waals surface area contributed by atoms with Crippen LogP contribution in [0.25, 0.3) is 0 Å². The van der Waals surface area contributed by atoms with Crippen molar-refractivity contribution in [3.8, 4) is 5.75 Å². The maximum Gasteiger partial charge on any atom is 0.315 e. The van der Waals surface area contributed by atoms with Crippen molar-refractivity contribution in [3.05, 3.63) is 65.7 Å². The van der Waals surface area contributed by atoms with Gasteiger partial charge in [0.25, 0.3) is 0 Å². The maximum absolute atomic E-state index is 12.2. The Balaban J connectivity index is 1.59. The number of hydrogen-bond acceptors (Lipinski definition) is 4. The molecule has 2 amide bonds. The molecule has 0 spiro atoms. The number of amides is 2. The van der Waals surface area contributed by atoms with Gasteiger partial charge in [-0.15, -0.1) is 0 Å². The van der Waals surface area contributed by atoms with Gasteiger partial charge >= 0.3 is 6.03 Å². The Labute approximate surface area is 160 Å². The van der Waals surface area contributed by atoms with Crippen LogP contribution in [0.5, 0.6) is 5.75 Å². The first kappa shape index (κ1) is 19.2. The molecular weight excluding hydrogens is 342 g/mol. The summed E-state index contributed by atoms with van der Waals surface area (Å²) in [4.78, 5) is 14.6. The number of ether oxygens (including phenoxy) is 2. The van der Waals surface area contributed by atoms with Crippen LogP contribution in [0.3, 0.4) is 0 Å². The summed E-state index contributed by atoms with van der Waals surface area (Å²) in [5.41, 5.74) is 2.23. The average Bonchev–Trinajstić information content (AvgIpc) is 2.74. The van der Waals surface area contributed by atoms with Crippen LogP contribution in [0.4, 0.5) is 4.79 Å². The van der Waals surface area contributed by atoms with Gasteiger partial charge in [0.05, 0.1) is 26.4 Å². The number of carbonyl (C=O) groups is 1. The van der Waals surface area contributed by atoms with E-state index in [0.717, 1.165) is 30.0 Å². The average molecular weight is 369 g/mol. The number of urea groups is 1. The van der Waals surface area contributed by atoms with Crippen molar-refractivity contribution in [2.75, 3.05) is 40.0 Å². The van der Waals surface area contributed by atoms with Crippen LogP contribution >= 0.6 is 0 Å². The third kappa shape index (κ3) is 5.70. The van der Waals surface area contributed by atoms with Crippen LogP contribution in [0.1, 0.15) is 17.2 Å². The molecule has 0 radical (unpaired) electrons. The highest BCUT2D eigenvalue weighted by atomic mass is 16.5. The Kier molecular flexibility index (Phi) is 7.07. The van der Waals surface area contributed by atoms with Gasteiger partial charge < -0.3 is 20.1 Å². The molecule has 0 saturated carbocycles. The number of rotatable bonds is 7. The first-order valence-electron chi connectivity index (χ1n) is 9.27. The van der Waals surface area contributed by atoms with Crippen LogP contribution in [0.15, 0.2) is 54.6 Å². The fourth-order valence-electron chi connectivity index (χ4n) is 3.20. The Hall–Kier alpha value is -2.57. The van der Waals surface area contributed by atoms with Gasteiger partial charge in [-0.05, 0) is 23.3 Å². The number of nitrogens with zero attached hydrogens (tertiary/aromatic N) is 1. The highest BCUT2D eigenvalue weighted by Crippen LogP contribution is 2.23. The van der Waals surface area contributed by atoms with Crippen molar-refractivity contribution in [2.24, 2.45) is 0 Å². The van der Waals surface area contributed by atoms with E-state index in [4.69, 9.17) is 9.47 Å². The van der Waals surface area contributed by atoms with Crippen molar-refractivity contribution in [1.82, 2.24) is 15.5 Å². The minimum absolute atomic E-state index is 0.0993. The zero-order chi connectivity index (χ0) is 18.9. The summed E-state index contributed by atoms with van der Waals surface area (Å²) >= 11 is 0. The molecule has 1 heterocycles. The summed E-state index contributed by atoms with van der Waals surface area (Å²) in [6.45, 7) is 4.18. The number of morpholine rings is 1. The summed E-state index contributed by atoms with van der Waals surface area (Å²) in [6.07, 6.45) is 0. The van der Waals surface area contributed by atoms with Gasteiger partial charge in [-0.3, -0.25) is 4.90 Å². The van der Waals surface area contributed by atoms with E-state index in [1.165, 1.54) is 0 Å². The van der Waals surface area contributed by atoms with Gasteiger partial charge in [0, 0.05) is 26.2 Å². The van der Waals surface area contributed by atoms with Gasteiger partial charge in [-0.1, -0.05) is 42.5 Å². The van der Waals surface area contributed by atoms with Gasteiger partial charge in [0.15, 0.2) is 0 Å². The van der Waals surface area contributed by atoms with E-state index in [-0.39, 0.29) is 12.1 Å². The van der Waals surface area contributed by atoms with Crippen molar-refractivity contribution < 1.29 is 14.3 Å². The number of nitrogens with one attached hydrogen (secondary N) is 2. The van der Waals surface area contributed by atoms with E-state index in [9.17, 15) is 4.79 Å². The van der Waals surface area contributed by atoms with Crippen molar-refractivity contribution >= 4 is 6.03 Å². The molecule has 27 heavy (non-hydrogen) atoms. The molecule has 2 N–H and O–H groups in total. The van der Waals surface area contributed by atoms with Crippen molar-refractivity contribution in [2.45, 2.75) is 12.6 Å². The minimum atomic E-state index is -0.161. The molecule has 0 bridgehead atoms. The smallest absolute Gasteiger partial charge is 0.315 e. The Morgan fingerprint density at radius 3 is 2.44 bits per heavy atom. The molecule has 144 valence electrons. The number of methoxy groups -OCH3 is 1.